The van der Waals surface area contributed by atoms with Crippen LogP contribution < -0.4 is 9.47 Å². The molecule has 0 N–H and O–H groups in total. The fraction of sp³-hybridized carbons (Fsp3) is 0.217. The lowest BCUT2D eigenvalue weighted by atomic mass is 10.1. The molecule has 164 valence electrons. The minimum atomic E-state index is -0.444. The van der Waals surface area contributed by atoms with E-state index in [9.17, 15) is 4.79 Å². The highest BCUT2D eigenvalue weighted by molar-refractivity contribution is 7.99. The van der Waals surface area contributed by atoms with E-state index in [1.54, 1.807) is 31.9 Å². The Morgan fingerprint density at radius 2 is 1.88 bits per heavy atom. The summed E-state index contributed by atoms with van der Waals surface area (Å²) in [4.78, 5) is 12.8. The van der Waals surface area contributed by atoms with Crippen molar-refractivity contribution in [2.75, 3.05) is 26.6 Å². The maximum Gasteiger partial charge on any atom is 0.340 e. The molecular formula is C23H22N4O4S. The molecule has 4 rings (SSSR count). The van der Waals surface area contributed by atoms with Gasteiger partial charge < -0.3 is 14.2 Å². The molecule has 8 nitrogen and oxygen atoms in total. The molecule has 1 aliphatic heterocycles. The number of benzene rings is 2. The van der Waals surface area contributed by atoms with Crippen molar-refractivity contribution in [2.24, 2.45) is 5.10 Å². The van der Waals surface area contributed by atoms with E-state index in [4.69, 9.17) is 19.3 Å². The van der Waals surface area contributed by atoms with Crippen LogP contribution >= 0.6 is 11.8 Å². The first kappa shape index (κ1) is 21.6. The summed E-state index contributed by atoms with van der Waals surface area (Å²) in [6, 6.07) is 15.0. The minimum Gasteiger partial charge on any atom is -0.497 e. The van der Waals surface area contributed by atoms with Crippen molar-refractivity contribution in [3.63, 3.8) is 0 Å². The Labute approximate surface area is 189 Å². The van der Waals surface area contributed by atoms with Gasteiger partial charge in [-0.25, -0.2) is 4.79 Å². The third-order valence-corrected chi connectivity index (χ3v) is 5.69. The van der Waals surface area contributed by atoms with Crippen LogP contribution in [-0.4, -0.2) is 53.1 Å². The van der Waals surface area contributed by atoms with Gasteiger partial charge in [0.15, 0.2) is 5.82 Å². The van der Waals surface area contributed by atoms with Crippen molar-refractivity contribution in [1.29, 1.82) is 0 Å². The number of hydrogen-bond acceptors (Lipinski definition) is 8. The Morgan fingerprint density at radius 1 is 1.09 bits per heavy atom. The van der Waals surface area contributed by atoms with Crippen LogP contribution in [0.3, 0.4) is 0 Å². The van der Waals surface area contributed by atoms with Crippen LogP contribution in [0.1, 0.15) is 12.5 Å². The van der Waals surface area contributed by atoms with Gasteiger partial charge >= 0.3 is 5.97 Å². The summed E-state index contributed by atoms with van der Waals surface area (Å²) >= 11 is 1.46. The van der Waals surface area contributed by atoms with Crippen molar-refractivity contribution in [1.82, 2.24) is 14.9 Å². The highest BCUT2D eigenvalue weighted by Gasteiger charge is 2.26. The average molecular weight is 451 g/mol. The third-order valence-electron chi connectivity index (χ3n) is 4.76. The number of hydrogen-bond donors (Lipinski definition) is 0. The number of methoxy groups -OCH3 is 2. The number of ether oxygens (including phenoxy) is 3. The van der Waals surface area contributed by atoms with Gasteiger partial charge in [-0.3, -0.25) is 0 Å². The second kappa shape index (κ2) is 9.69. The van der Waals surface area contributed by atoms with Crippen molar-refractivity contribution in [3.8, 4) is 22.9 Å². The number of rotatable bonds is 7. The van der Waals surface area contributed by atoms with Crippen LogP contribution in [0, 0.1) is 0 Å². The molecule has 32 heavy (non-hydrogen) atoms. The van der Waals surface area contributed by atoms with Gasteiger partial charge in [0.25, 0.3) is 0 Å². The van der Waals surface area contributed by atoms with Gasteiger partial charge in [0.1, 0.15) is 11.5 Å². The third kappa shape index (κ3) is 4.38. The lowest BCUT2D eigenvalue weighted by Gasteiger charge is -2.16. The van der Waals surface area contributed by atoms with E-state index in [-0.39, 0.29) is 6.61 Å². The number of fused-ring (bicyclic) bond motifs is 1. The first-order chi connectivity index (χ1) is 15.6. The lowest BCUT2D eigenvalue weighted by molar-refractivity contribution is -0.137. The Balaban J connectivity index is 1.78. The van der Waals surface area contributed by atoms with E-state index in [0.29, 0.717) is 33.8 Å². The molecule has 1 aliphatic rings. The summed E-state index contributed by atoms with van der Waals surface area (Å²) in [5.74, 6) is 1.99. The van der Waals surface area contributed by atoms with Crippen LogP contribution in [0.15, 0.2) is 64.4 Å². The molecule has 0 spiro atoms. The smallest absolute Gasteiger partial charge is 0.340 e. The zero-order valence-corrected chi connectivity index (χ0v) is 18.8. The molecule has 0 saturated heterocycles. The molecule has 0 radical (unpaired) electrons. The Kier molecular flexibility index (Phi) is 6.55. The molecule has 2 aromatic carbocycles. The molecule has 0 amide bonds. The Morgan fingerprint density at radius 3 is 2.59 bits per heavy atom. The van der Waals surface area contributed by atoms with Crippen molar-refractivity contribution in [2.45, 2.75) is 12.1 Å². The SMILES string of the molecule is CCOC(=O)/C(=C/c1ccccc1OC)C1=Nn2c(nnc2-c2ccc(OC)cc2)SC1. The largest absolute Gasteiger partial charge is 0.497 e. The zero-order chi connectivity index (χ0) is 22.5. The monoisotopic (exact) mass is 450 g/mol. The molecule has 0 atom stereocenters. The van der Waals surface area contributed by atoms with Crippen LogP contribution in [0.2, 0.25) is 0 Å². The van der Waals surface area contributed by atoms with Gasteiger partial charge in [-0.05, 0) is 43.3 Å². The highest BCUT2D eigenvalue weighted by atomic mass is 32.2. The highest BCUT2D eigenvalue weighted by Crippen LogP contribution is 2.30. The number of thioether (sulfide) groups is 1. The molecule has 0 fully saturated rings. The predicted molar refractivity (Wildman–Crippen MR) is 123 cm³/mol. The molecule has 1 aromatic heterocycles. The van der Waals surface area contributed by atoms with Gasteiger partial charge in [0.2, 0.25) is 5.16 Å². The maximum atomic E-state index is 12.8. The van der Waals surface area contributed by atoms with Crippen molar-refractivity contribution >= 4 is 29.5 Å². The molecule has 0 aliphatic carbocycles. The number of esters is 1. The average Bonchev–Trinajstić information content (AvgIpc) is 3.26. The molecule has 0 saturated carbocycles. The number of aromatic nitrogens is 3. The molecule has 2 heterocycles. The molecule has 0 unspecified atom stereocenters. The summed E-state index contributed by atoms with van der Waals surface area (Å²) in [7, 11) is 3.21. The van der Waals surface area contributed by atoms with Gasteiger partial charge in [0, 0.05) is 16.9 Å². The summed E-state index contributed by atoms with van der Waals surface area (Å²) in [6.07, 6.45) is 1.75. The summed E-state index contributed by atoms with van der Waals surface area (Å²) < 4.78 is 17.6. The topological polar surface area (TPSA) is 87.8 Å². The number of nitrogens with zero attached hydrogens (tertiary/aromatic N) is 4. The second-order valence-electron chi connectivity index (χ2n) is 6.70. The van der Waals surface area contributed by atoms with E-state index in [2.05, 4.69) is 10.2 Å². The van der Waals surface area contributed by atoms with E-state index in [1.165, 1.54) is 11.8 Å². The molecule has 3 aromatic rings. The fourth-order valence-electron chi connectivity index (χ4n) is 3.19. The van der Waals surface area contributed by atoms with Crippen LogP contribution in [0.25, 0.3) is 17.5 Å². The van der Waals surface area contributed by atoms with Crippen LogP contribution in [-0.2, 0) is 9.53 Å². The van der Waals surface area contributed by atoms with E-state index in [0.717, 1.165) is 16.9 Å². The van der Waals surface area contributed by atoms with Gasteiger partial charge in [-0.15, -0.1) is 10.2 Å². The van der Waals surface area contributed by atoms with E-state index in [1.807, 2.05) is 48.5 Å². The van der Waals surface area contributed by atoms with Crippen molar-refractivity contribution < 1.29 is 19.0 Å². The fourth-order valence-corrected chi connectivity index (χ4v) is 4.02. The number of carbonyl (C=O) groups excluding carboxylic acids is 1. The normalized spacial score (nSPS) is 13.2. The molecular weight excluding hydrogens is 428 g/mol. The predicted octanol–water partition coefficient (Wildman–Crippen LogP) is 3.92. The summed E-state index contributed by atoms with van der Waals surface area (Å²) in [6.45, 7) is 2.03. The summed E-state index contributed by atoms with van der Waals surface area (Å²) in [5.41, 5.74) is 2.53. The quantitative estimate of drug-likeness (QED) is 0.398. The van der Waals surface area contributed by atoms with Gasteiger partial charge in [0.05, 0.1) is 32.1 Å². The van der Waals surface area contributed by atoms with E-state index >= 15 is 0 Å². The van der Waals surface area contributed by atoms with Crippen LogP contribution in [0.4, 0.5) is 0 Å². The maximum absolute atomic E-state index is 12.8. The second-order valence-corrected chi connectivity index (χ2v) is 7.64. The van der Waals surface area contributed by atoms with Gasteiger partial charge in [-0.1, -0.05) is 30.0 Å². The zero-order valence-electron chi connectivity index (χ0n) is 17.9. The minimum absolute atomic E-state index is 0.261. The van der Waals surface area contributed by atoms with Crippen molar-refractivity contribution in [3.05, 3.63) is 59.7 Å². The number of para-hydroxylation sites is 1. The first-order valence-electron chi connectivity index (χ1n) is 9.97. The number of carbonyl (C=O) groups is 1. The Bertz CT molecular complexity index is 1180. The standard InChI is InChI=1S/C23H22N4O4S/c1-4-31-22(28)18(13-16-7-5-6-8-20(16)30-3)19-14-32-23-25-24-21(27(23)26-19)15-9-11-17(29-2)12-10-15/h5-13H,4,14H2,1-3H3/b18-13+. The van der Waals surface area contributed by atoms with Crippen LogP contribution in [0.5, 0.6) is 11.5 Å². The first-order valence-corrected chi connectivity index (χ1v) is 11.0. The molecule has 9 heteroatoms. The summed E-state index contributed by atoms with van der Waals surface area (Å²) in [5, 5.41) is 13.9. The Hall–Kier alpha value is -3.59. The molecule has 0 bridgehead atoms. The lowest BCUT2D eigenvalue weighted by Crippen LogP contribution is -2.21. The van der Waals surface area contributed by atoms with E-state index < -0.39 is 5.97 Å². The van der Waals surface area contributed by atoms with Gasteiger partial charge in [-0.2, -0.15) is 9.78 Å².